The average molecular weight is 722 g/mol. The molecule has 2 aromatic carbocycles. The van der Waals surface area contributed by atoms with E-state index in [0.29, 0.717) is 34.0 Å². The summed E-state index contributed by atoms with van der Waals surface area (Å²) < 4.78 is 109. The van der Waals surface area contributed by atoms with E-state index in [1.807, 2.05) is 0 Å². The number of phosphoric acid groups is 1. The number of methoxy groups -OCH3 is 1. The lowest BCUT2D eigenvalue weighted by molar-refractivity contribution is -0.730. The molecule has 1 amide bonds. The molecule has 5 rings (SSSR count). The number of carboxylic acids is 1. The number of hydrogen-bond donors (Lipinski definition) is 2. The highest BCUT2D eigenvalue weighted by Gasteiger charge is 2.40. The van der Waals surface area contributed by atoms with E-state index < -0.39 is 49.4 Å². The van der Waals surface area contributed by atoms with Gasteiger partial charge in [-0.3, -0.25) is 9.69 Å². The van der Waals surface area contributed by atoms with Crippen LogP contribution in [-0.4, -0.2) is 63.7 Å². The zero-order chi connectivity index (χ0) is 36.4. The van der Waals surface area contributed by atoms with Crippen LogP contribution in [0.2, 0.25) is 0 Å². The fourth-order valence-corrected chi connectivity index (χ4v) is 5.09. The SMILES string of the molecule is COc1cc(C(C)=C2OCC(=O)N3C(c4cc(F)c(F)c(F)c4)=COC[C@H]23)ccc1-n1cc(C)[n+](COP(=O)(O)O)c1.O=C([O-])C(F)(F)F. The number of aryl methyl sites for hydroxylation is 1. The first-order valence-corrected chi connectivity index (χ1v) is 15.2. The van der Waals surface area contributed by atoms with Gasteiger partial charge in [0.1, 0.15) is 42.5 Å². The van der Waals surface area contributed by atoms with Crippen molar-refractivity contribution in [1.29, 1.82) is 0 Å². The van der Waals surface area contributed by atoms with Crippen LogP contribution in [0.15, 0.2) is 54.9 Å². The smallest absolute Gasteiger partial charge is 0.472 e. The van der Waals surface area contributed by atoms with Crippen molar-refractivity contribution in [2.75, 3.05) is 20.3 Å². The lowest BCUT2D eigenvalue weighted by atomic mass is 9.98. The van der Waals surface area contributed by atoms with E-state index in [9.17, 15) is 35.7 Å². The molecular weight excluding hydrogens is 695 g/mol. The van der Waals surface area contributed by atoms with Crippen molar-refractivity contribution in [2.24, 2.45) is 0 Å². The molecule has 2 aliphatic rings. The second kappa shape index (κ2) is 14.3. The summed E-state index contributed by atoms with van der Waals surface area (Å²) in [5, 5.41) is 8.78. The number of halogens is 6. The summed E-state index contributed by atoms with van der Waals surface area (Å²) in [5.41, 5.74) is 2.59. The van der Waals surface area contributed by atoms with Gasteiger partial charge >= 0.3 is 14.0 Å². The minimum Gasteiger partial charge on any atom is -0.542 e. The topological polar surface area (TPSA) is 164 Å². The Labute approximate surface area is 273 Å². The second-order valence-corrected chi connectivity index (χ2v) is 11.6. The number of phosphoric ester groups is 1. The minimum atomic E-state index is -5.19. The molecule has 1 atom stereocenters. The van der Waals surface area contributed by atoms with E-state index in [1.54, 1.807) is 49.1 Å². The molecule has 1 fully saturated rings. The third-order valence-electron chi connectivity index (χ3n) is 7.12. The van der Waals surface area contributed by atoms with E-state index in [4.69, 9.17) is 33.9 Å². The largest absolute Gasteiger partial charge is 0.542 e. The van der Waals surface area contributed by atoms with Crippen molar-refractivity contribution < 1.29 is 78.7 Å². The average Bonchev–Trinajstić information content (AvgIpc) is 3.41. The second-order valence-electron chi connectivity index (χ2n) is 10.3. The van der Waals surface area contributed by atoms with Gasteiger partial charge in [-0.05, 0) is 42.3 Å². The Morgan fingerprint density at radius 1 is 1.16 bits per heavy atom. The summed E-state index contributed by atoms with van der Waals surface area (Å²) in [7, 11) is -3.18. The van der Waals surface area contributed by atoms with Crippen molar-refractivity contribution >= 4 is 31.0 Å². The molecule has 3 heterocycles. The first-order valence-electron chi connectivity index (χ1n) is 13.7. The van der Waals surface area contributed by atoms with Crippen LogP contribution in [0, 0.1) is 24.4 Å². The van der Waals surface area contributed by atoms with Gasteiger partial charge in [-0.15, -0.1) is 0 Å². The summed E-state index contributed by atoms with van der Waals surface area (Å²) in [5.74, 6) is -7.05. The zero-order valence-corrected chi connectivity index (χ0v) is 26.4. The van der Waals surface area contributed by atoms with Gasteiger partial charge in [0.15, 0.2) is 35.5 Å². The molecule has 0 aliphatic carbocycles. The summed E-state index contributed by atoms with van der Waals surface area (Å²) >= 11 is 0. The van der Waals surface area contributed by atoms with E-state index in [0.717, 1.165) is 12.1 Å². The number of benzene rings is 2. The maximum absolute atomic E-state index is 14.0. The van der Waals surface area contributed by atoms with E-state index >= 15 is 0 Å². The third-order valence-corrected chi connectivity index (χ3v) is 7.57. The Hall–Kier alpha value is -4.84. The Kier molecular flexibility index (Phi) is 10.8. The molecule has 20 heteroatoms. The number of allylic oxidation sites excluding steroid dienone is 1. The monoisotopic (exact) mass is 721 g/mol. The minimum absolute atomic E-state index is 0.00260. The van der Waals surface area contributed by atoms with Gasteiger partial charge in [-0.2, -0.15) is 17.7 Å². The van der Waals surface area contributed by atoms with Gasteiger partial charge in [0.05, 0.1) is 12.8 Å². The number of carbonyl (C=O) groups is 2. The highest BCUT2D eigenvalue weighted by Crippen LogP contribution is 2.38. The number of carbonyl (C=O) groups excluding carboxylic acids is 2. The molecule has 0 bridgehead atoms. The number of fused-ring (bicyclic) bond motifs is 1. The van der Waals surface area contributed by atoms with E-state index in [2.05, 4.69) is 4.52 Å². The number of alkyl halides is 3. The number of morpholine rings is 1. The first kappa shape index (κ1) is 37.0. The van der Waals surface area contributed by atoms with Crippen LogP contribution in [0.4, 0.5) is 26.3 Å². The predicted molar refractivity (Wildman–Crippen MR) is 151 cm³/mol. The van der Waals surface area contributed by atoms with Crippen LogP contribution in [0.3, 0.4) is 0 Å². The molecule has 2 aliphatic heterocycles. The molecule has 49 heavy (non-hydrogen) atoms. The zero-order valence-electron chi connectivity index (χ0n) is 25.5. The highest BCUT2D eigenvalue weighted by atomic mass is 31.2. The number of rotatable bonds is 7. The molecule has 13 nitrogen and oxygen atoms in total. The Balaban J connectivity index is 0.000000698. The van der Waals surface area contributed by atoms with Gasteiger partial charge < -0.3 is 33.9 Å². The van der Waals surface area contributed by atoms with Crippen LogP contribution >= 0.6 is 7.82 Å². The normalized spacial score (nSPS) is 17.2. The summed E-state index contributed by atoms with van der Waals surface area (Å²) in [6.45, 7) is 2.81. The molecule has 1 saturated heterocycles. The number of carboxylic acid groups (broad SMARTS) is 1. The number of hydrogen-bond acceptors (Lipinski definition) is 8. The lowest BCUT2D eigenvalue weighted by Crippen LogP contribution is -2.51. The molecule has 0 unspecified atom stereocenters. The molecule has 264 valence electrons. The molecule has 0 spiro atoms. The van der Waals surface area contributed by atoms with E-state index in [-0.39, 0.29) is 31.2 Å². The van der Waals surface area contributed by atoms with Gasteiger partial charge in [-0.1, -0.05) is 6.07 Å². The lowest BCUT2D eigenvalue weighted by Gasteiger charge is -2.41. The quantitative estimate of drug-likeness (QED) is 0.161. The van der Waals surface area contributed by atoms with Gasteiger partial charge in [-0.25, -0.2) is 26.8 Å². The highest BCUT2D eigenvalue weighted by molar-refractivity contribution is 7.46. The molecule has 3 aromatic rings. The van der Waals surface area contributed by atoms with Gasteiger partial charge in [0, 0.05) is 12.5 Å². The van der Waals surface area contributed by atoms with Gasteiger partial charge in [0.2, 0.25) is 6.73 Å². The number of imidazole rings is 1. The number of aliphatic carboxylic acids is 1. The number of amides is 1. The van der Waals surface area contributed by atoms with Crippen molar-refractivity contribution in [1.82, 2.24) is 9.47 Å². The van der Waals surface area contributed by atoms with Crippen LogP contribution in [0.25, 0.3) is 17.0 Å². The molecule has 2 N–H and O–H groups in total. The maximum atomic E-state index is 14.0. The molecule has 0 saturated carbocycles. The molecular formula is C29H26F6N3O10P. The summed E-state index contributed by atoms with van der Waals surface area (Å²) in [6.07, 6.45) is -0.670. The summed E-state index contributed by atoms with van der Waals surface area (Å²) in [4.78, 5) is 41.1. The summed E-state index contributed by atoms with van der Waals surface area (Å²) in [6, 6.07) is 6.13. The van der Waals surface area contributed by atoms with Crippen molar-refractivity contribution in [3.8, 4) is 11.4 Å². The standard InChI is InChI=1S/C27H25F3N3O8P.C2HF3O2/c1-15-9-31(13-32(15)14-41-42(35,36)37)21-5-4-17(8-24(21)38-3)16(2)27-23-11-39-10-22(33(23)25(34)12-40-27)18-6-19(28)26(30)20(29)7-18;3-2(4,5)1(6)7/h4-10,13,23H,11-12,14H2,1-3H3,(H-,35,36,37);(H,6,7)/t23-;/m1./s1. The molecule has 1 aromatic heterocycles. The third kappa shape index (κ3) is 8.43. The van der Waals surface area contributed by atoms with Crippen molar-refractivity contribution in [3.05, 3.63) is 89.1 Å². The molecule has 0 radical (unpaired) electrons. The first-order chi connectivity index (χ1) is 22.8. The maximum Gasteiger partial charge on any atom is 0.472 e. The fourth-order valence-electron chi connectivity index (χ4n) is 4.81. The predicted octanol–water partition coefficient (Wildman–Crippen LogP) is 2.85. The Morgan fingerprint density at radius 3 is 2.37 bits per heavy atom. The van der Waals surface area contributed by atoms with Gasteiger partial charge in [0.25, 0.3) is 12.2 Å². The van der Waals surface area contributed by atoms with Crippen LogP contribution in [-0.2, 0) is 34.9 Å². The van der Waals surface area contributed by atoms with Crippen LogP contribution in [0.1, 0.15) is 23.7 Å². The number of ether oxygens (including phenoxy) is 3. The van der Waals surface area contributed by atoms with Crippen molar-refractivity contribution in [3.63, 3.8) is 0 Å². The van der Waals surface area contributed by atoms with Crippen molar-refractivity contribution in [2.45, 2.75) is 32.8 Å². The number of nitrogens with zero attached hydrogens (tertiary/aromatic N) is 3. The van der Waals surface area contributed by atoms with Crippen LogP contribution in [0.5, 0.6) is 5.75 Å². The van der Waals surface area contributed by atoms with Crippen LogP contribution < -0.4 is 14.4 Å². The Morgan fingerprint density at radius 2 is 1.80 bits per heavy atom. The number of aromatic nitrogens is 2. The van der Waals surface area contributed by atoms with E-state index in [1.165, 1.54) is 22.8 Å². The fraction of sp³-hybridized carbons (Fsp3) is 0.276. The Bertz CT molecular complexity index is 1870.